The average molecular weight is 349 g/mol. The first-order chi connectivity index (χ1) is 8.25. The number of carbonyl (C=O) groups is 1. The quantitative estimate of drug-likeness (QED) is 0.455. The van der Waals surface area contributed by atoms with Crippen LogP contribution in [0.3, 0.4) is 0 Å². The average Bonchev–Trinajstić information content (AvgIpc) is 2.34. The molecule has 0 unspecified atom stereocenters. The van der Waals surface area contributed by atoms with Crippen molar-refractivity contribution in [3.05, 3.63) is 35.6 Å². The molecule has 0 heterocycles. The molecule has 17 heavy (non-hydrogen) atoms. The number of carbonyl (C=O) groups excluding carboxylic acids is 1. The number of rotatable bonds is 7. The van der Waals surface area contributed by atoms with Crippen LogP contribution >= 0.6 is 22.6 Å². The molecular weight excluding hydrogens is 332 g/mol. The molecule has 0 atom stereocenters. The van der Waals surface area contributed by atoms with Crippen LogP contribution in [0.15, 0.2) is 24.3 Å². The molecule has 1 N–H and O–H groups in total. The van der Waals surface area contributed by atoms with E-state index in [2.05, 4.69) is 27.9 Å². The van der Waals surface area contributed by atoms with Gasteiger partial charge in [-0.05, 0) is 29.4 Å². The maximum absolute atomic E-state index is 13.3. The molecule has 0 saturated carbocycles. The van der Waals surface area contributed by atoms with Crippen LogP contribution < -0.4 is 5.32 Å². The maximum Gasteiger partial charge on any atom is 0.254 e. The second-order valence-corrected chi connectivity index (χ2v) is 4.92. The number of halogens is 2. The van der Waals surface area contributed by atoms with Gasteiger partial charge in [-0.2, -0.15) is 0 Å². The Labute approximate surface area is 115 Å². The fraction of sp³-hybridized carbons (Fsp3) is 0.462. The second kappa shape index (κ2) is 8.44. The van der Waals surface area contributed by atoms with E-state index in [1.807, 2.05) is 0 Å². The number of unbranched alkanes of at least 4 members (excludes halogenated alkanes) is 3. The Morgan fingerprint density at radius 2 is 1.88 bits per heavy atom. The van der Waals surface area contributed by atoms with E-state index in [1.165, 1.54) is 29.4 Å². The van der Waals surface area contributed by atoms with E-state index in [0.717, 1.165) is 12.8 Å². The van der Waals surface area contributed by atoms with Crippen molar-refractivity contribution in [3.63, 3.8) is 0 Å². The summed E-state index contributed by atoms with van der Waals surface area (Å²) in [5, 5.41) is 2.74. The van der Waals surface area contributed by atoms with Crippen molar-refractivity contribution in [2.45, 2.75) is 25.7 Å². The monoisotopic (exact) mass is 349 g/mol. The number of nitrogens with one attached hydrogen (secondary N) is 1. The van der Waals surface area contributed by atoms with Crippen molar-refractivity contribution in [2.75, 3.05) is 11.0 Å². The highest BCUT2D eigenvalue weighted by atomic mass is 127. The summed E-state index contributed by atoms with van der Waals surface area (Å²) in [7, 11) is 0. The molecule has 0 spiro atoms. The molecule has 0 aliphatic rings. The Hall–Kier alpha value is -0.650. The maximum atomic E-state index is 13.3. The van der Waals surface area contributed by atoms with Crippen LogP contribution in [0, 0.1) is 5.82 Å². The Balaban J connectivity index is 2.24. The summed E-state index contributed by atoms with van der Waals surface area (Å²) in [4.78, 5) is 11.6. The van der Waals surface area contributed by atoms with Gasteiger partial charge in [-0.25, -0.2) is 4.39 Å². The van der Waals surface area contributed by atoms with Gasteiger partial charge < -0.3 is 5.32 Å². The number of benzene rings is 1. The highest BCUT2D eigenvalue weighted by Gasteiger charge is 2.09. The van der Waals surface area contributed by atoms with Crippen molar-refractivity contribution in [2.24, 2.45) is 0 Å². The summed E-state index contributed by atoms with van der Waals surface area (Å²) in [5.41, 5.74) is 0.125. The van der Waals surface area contributed by atoms with E-state index in [4.69, 9.17) is 0 Å². The fourth-order valence-corrected chi connectivity index (χ4v) is 2.05. The first-order valence-corrected chi connectivity index (χ1v) is 7.37. The molecule has 0 saturated heterocycles. The molecule has 0 aliphatic heterocycles. The fourth-order valence-electron chi connectivity index (χ4n) is 1.52. The summed E-state index contributed by atoms with van der Waals surface area (Å²) >= 11 is 2.36. The van der Waals surface area contributed by atoms with Crippen LogP contribution in [0.5, 0.6) is 0 Å². The predicted molar refractivity (Wildman–Crippen MR) is 76.1 cm³/mol. The van der Waals surface area contributed by atoms with Gasteiger partial charge in [0.2, 0.25) is 0 Å². The summed E-state index contributed by atoms with van der Waals surface area (Å²) in [5.74, 6) is -0.785. The van der Waals surface area contributed by atoms with E-state index >= 15 is 0 Å². The molecular formula is C13H17FINO. The lowest BCUT2D eigenvalue weighted by atomic mass is 10.2. The third-order valence-electron chi connectivity index (χ3n) is 2.46. The summed E-state index contributed by atoms with van der Waals surface area (Å²) in [6.45, 7) is 0.619. The van der Waals surface area contributed by atoms with E-state index in [9.17, 15) is 9.18 Å². The molecule has 0 aliphatic carbocycles. The number of hydrogen-bond donors (Lipinski definition) is 1. The van der Waals surface area contributed by atoms with Crippen LogP contribution in [0.25, 0.3) is 0 Å². The topological polar surface area (TPSA) is 29.1 Å². The van der Waals surface area contributed by atoms with Gasteiger partial charge in [0, 0.05) is 6.54 Å². The number of alkyl halides is 1. The van der Waals surface area contributed by atoms with Gasteiger partial charge in [-0.15, -0.1) is 0 Å². The van der Waals surface area contributed by atoms with Crippen LogP contribution in [0.2, 0.25) is 0 Å². The molecule has 1 rings (SSSR count). The van der Waals surface area contributed by atoms with Gasteiger partial charge in [0.1, 0.15) is 5.82 Å². The smallest absolute Gasteiger partial charge is 0.254 e. The standard InChI is InChI=1S/C13H17FINO/c14-12-8-4-3-7-11(12)13(17)16-10-6-2-1-5-9-15/h3-4,7-8H,1-2,5-6,9-10H2,(H,16,17). The van der Waals surface area contributed by atoms with Crippen molar-refractivity contribution in [3.8, 4) is 0 Å². The van der Waals surface area contributed by atoms with E-state index in [1.54, 1.807) is 12.1 Å². The lowest BCUT2D eigenvalue weighted by Crippen LogP contribution is -2.25. The van der Waals surface area contributed by atoms with E-state index < -0.39 is 5.82 Å². The van der Waals surface area contributed by atoms with Crippen LogP contribution in [-0.2, 0) is 0 Å². The minimum atomic E-state index is -0.463. The van der Waals surface area contributed by atoms with Gasteiger partial charge in [-0.3, -0.25) is 4.79 Å². The molecule has 0 radical (unpaired) electrons. The molecule has 1 aromatic carbocycles. The second-order valence-electron chi connectivity index (χ2n) is 3.84. The van der Waals surface area contributed by atoms with Gasteiger partial charge in [0.25, 0.3) is 5.91 Å². The molecule has 2 nitrogen and oxygen atoms in total. The summed E-state index contributed by atoms with van der Waals surface area (Å²) < 4.78 is 14.4. The van der Waals surface area contributed by atoms with Crippen molar-refractivity contribution >= 4 is 28.5 Å². The highest BCUT2D eigenvalue weighted by molar-refractivity contribution is 14.1. The highest BCUT2D eigenvalue weighted by Crippen LogP contribution is 2.06. The molecule has 94 valence electrons. The molecule has 0 fully saturated rings. The molecule has 1 amide bonds. The zero-order valence-corrected chi connectivity index (χ0v) is 11.9. The minimum Gasteiger partial charge on any atom is -0.352 e. The first kappa shape index (κ1) is 14.4. The zero-order valence-electron chi connectivity index (χ0n) is 9.72. The van der Waals surface area contributed by atoms with E-state index in [-0.39, 0.29) is 11.5 Å². The lowest BCUT2D eigenvalue weighted by Gasteiger charge is -2.05. The third kappa shape index (κ3) is 5.48. The van der Waals surface area contributed by atoms with Gasteiger partial charge in [0.15, 0.2) is 0 Å². The Kier molecular flexibility index (Phi) is 7.16. The normalized spacial score (nSPS) is 10.2. The Bertz CT molecular complexity index is 357. The first-order valence-electron chi connectivity index (χ1n) is 5.84. The molecule has 1 aromatic rings. The third-order valence-corrected chi connectivity index (χ3v) is 3.23. The lowest BCUT2D eigenvalue weighted by molar-refractivity contribution is 0.0949. The molecule has 4 heteroatoms. The predicted octanol–water partition coefficient (Wildman–Crippen LogP) is 3.55. The van der Waals surface area contributed by atoms with Crippen molar-refractivity contribution < 1.29 is 9.18 Å². The van der Waals surface area contributed by atoms with Crippen LogP contribution in [-0.4, -0.2) is 16.9 Å². The minimum absolute atomic E-state index is 0.125. The van der Waals surface area contributed by atoms with Gasteiger partial charge >= 0.3 is 0 Å². The molecule has 0 aromatic heterocycles. The summed E-state index contributed by atoms with van der Waals surface area (Å²) in [6.07, 6.45) is 4.48. The Morgan fingerprint density at radius 1 is 1.18 bits per heavy atom. The van der Waals surface area contributed by atoms with Gasteiger partial charge in [-0.1, -0.05) is 47.6 Å². The van der Waals surface area contributed by atoms with Crippen molar-refractivity contribution in [1.29, 1.82) is 0 Å². The van der Waals surface area contributed by atoms with Crippen molar-refractivity contribution in [1.82, 2.24) is 5.32 Å². The van der Waals surface area contributed by atoms with Gasteiger partial charge in [0.05, 0.1) is 5.56 Å². The van der Waals surface area contributed by atoms with E-state index in [0.29, 0.717) is 6.54 Å². The molecule has 0 bridgehead atoms. The zero-order chi connectivity index (χ0) is 12.5. The summed E-state index contributed by atoms with van der Waals surface area (Å²) in [6, 6.07) is 6.05. The number of amides is 1. The van der Waals surface area contributed by atoms with Crippen LogP contribution in [0.4, 0.5) is 4.39 Å². The Morgan fingerprint density at radius 3 is 2.59 bits per heavy atom. The van der Waals surface area contributed by atoms with Crippen LogP contribution in [0.1, 0.15) is 36.0 Å². The largest absolute Gasteiger partial charge is 0.352 e. The SMILES string of the molecule is O=C(NCCCCCCI)c1ccccc1F. The number of hydrogen-bond acceptors (Lipinski definition) is 1.